The molecule has 4 nitrogen and oxygen atoms in total. The van der Waals surface area contributed by atoms with Gasteiger partial charge in [0.05, 0.1) is 16.9 Å². The summed E-state index contributed by atoms with van der Waals surface area (Å²) in [7, 11) is 0. The van der Waals surface area contributed by atoms with Crippen LogP contribution in [0, 0.1) is 5.82 Å². The monoisotopic (exact) mass is 350 g/mol. The second kappa shape index (κ2) is 6.49. The van der Waals surface area contributed by atoms with E-state index in [9.17, 15) is 14.0 Å². The fourth-order valence-electron chi connectivity index (χ4n) is 1.75. The first-order valence-corrected chi connectivity index (χ1v) is 6.89. The highest BCUT2D eigenvalue weighted by atomic mass is 79.9. The van der Waals surface area contributed by atoms with E-state index >= 15 is 0 Å². The molecule has 2 aromatic rings. The normalized spacial score (nSPS) is 10.0. The topological polar surface area (TPSA) is 58.2 Å². The molecule has 6 heteroatoms. The molecular weight excluding hydrogens is 339 g/mol. The summed E-state index contributed by atoms with van der Waals surface area (Å²) in [6, 6.07) is 10.6. The number of hydrogen-bond donors (Lipinski definition) is 2. The van der Waals surface area contributed by atoms with Crippen LogP contribution in [-0.4, -0.2) is 11.8 Å². The molecule has 0 aromatic heterocycles. The third-order valence-corrected chi connectivity index (χ3v) is 3.35. The van der Waals surface area contributed by atoms with Crippen LogP contribution in [0.15, 0.2) is 46.9 Å². The van der Waals surface area contributed by atoms with Crippen LogP contribution in [0.2, 0.25) is 0 Å². The quantitative estimate of drug-likeness (QED) is 0.884. The summed E-state index contributed by atoms with van der Waals surface area (Å²) in [5.74, 6) is -1.22. The number of benzene rings is 2. The van der Waals surface area contributed by atoms with Gasteiger partial charge >= 0.3 is 0 Å². The number of carbonyl (C=O) groups excluding carboxylic acids is 2. The Labute approximate surface area is 129 Å². The minimum Gasteiger partial charge on any atom is -0.325 e. The van der Waals surface area contributed by atoms with Gasteiger partial charge in [0.1, 0.15) is 5.82 Å². The Kier molecular flexibility index (Phi) is 4.70. The molecule has 0 fully saturated rings. The molecule has 0 saturated heterocycles. The lowest BCUT2D eigenvalue weighted by Gasteiger charge is -2.12. The van der Waals surface area contributed by atoms with Gasteiger partial charge in [0.15, 0.2) is 0 Å². The minimum absolute atomic E-state index is 0.200. The predicted molar refractivity (Wildman–Crippen MR) is 82.8 cm³/mol. The molecule has 2 N–H and O–H groups in total. The van der Waals surface area contributed by atoms with E-state index in [1.165, 1.54) is 19.1 Å². The van der Waals surface area contributed by atoms with Crippen LogP contribution in [0.4, 0.5) is 15.8 Å². The molecule has 2 rings (SSSR count). The number of nitrogens with one attached hydrogen (secondary N) is 2. The first-order valence-electron chi connectivity index (χ1n) is 6.10. The van der Waals surface area contributed by atoms with Crippen LogP contribution < -0.4 is 10.6 Å². The third-order valence-electron chi connectivity index (χ3n) is 2.66. The molecule has 0 bridgehead atoms. The molecule has 0 aliphatic rings. The number of hydrogen-bond acceptors (Lipinski definition) is 2. The van der Waals surface area contributed by atoms with Gasteiger partial charge in [-0.1, -0.05) is 12.1 Å². The molecule has 0 radical (unpaired) electrons. The third kappa shape index (κ3) is 3.88. The molecule has 21 heavy (non-hydrogen) atoms. The number of carbonyl (C=O) groups is 2. The van der Waals surface area contributed by atoms with Crippen molar-refractivity contribution in [2.24, 2.45) is 0 Å². The van der Waals surface area contributed by atoms with Crippen molar-refractivity contribution in [3.05, 3.63) is 58.3 Å². The lowest BCUT2D eigenvalue weighted by Crippen LogP contribution is -2.15. The molecule has 0 aliphatic heterocycles. The Morgan fingerprint density at radius 2 is 1.76 bits per heavy atom. The van der Waals surface area contributed by atoms with E-state index in [1.807, 2.05) is 0 Å². The van der Waals surface area contributed by atoms with E-state index in [0.717, 1.165) is 6.07 Å². The molecule has 0 unspecified atom stereocenters. The maximum absolute atomic E-state index is 13.3. The van der Waals surface area contributed by atoms with Gasteiger partial charge in [0.25, 0.3) is 5.91 Å². The molecule has 2 amide bonds. The zero-order chi connectivity index (χ0) is 15.4. The Morgan fingerprint density at radius 1 is 1.05 bits per heavy atom. The average molecular weight is 351 g/mol. The Balaban J connectivity index is 2.30. The number of anilines is 2. The van der Waals surface area contributed by atoms with Gasteiger partial charge in [0, 0.05) is 11.4 Å². The van der Waals surface area contributed by atoms with E-state index in [0.29, 0.717) is 15.7 Å². The van der Waals surface area contributed by atoms with Gasteiger partial charge in [-0.25, -0.2) is 4.39 Å². The predicted octanol–water partition coefficient (Wildman–Crippen LogP) is 3.80. The second-order valence-electron chi connectivity index (χ2n) is 4.31. The number of halogens is 2. The van der Waals surface area contributed by atoms with E-state index in [-0.39, 0.29) is 11.6 Å². The maximum Gasteiger partial charge on any atom is 0.256 e. The zero-order valence-electron chi connectivity index (χ0n) is 11.1. The lowest BCUT2D eigenvalue weighted by atomic mass is 10.2. The zero-order valence-corrected chi connectivity index (χ0v) is 12.7. The summed E-state index contributed by atoms with van der Waals surface area (Å²) in [5, 5.41) is 5.13. The van der Waals surface area contributed by atoms with Gasteiger partial charge in [-0.05, 0) is 46.3 Å². The summed E-state index contributed by atoms with van der Waals surface area (Å²) in [6.45, 7) is 1.34. The summed E-state index contributed by atoms with van der Waals surface area (Å²) in [4.78, 5) is 23.3. The van der Waals surface area contributed by atoms with Crippen LogP contribution in [0.5, 0.6) is 0 Å². The first kappa shape index (κ1) is 15.2. The first-order chi connectivity index (χ1) is 9.97. The maximum atomic E-state index is 13.3. The fourth-order valence-corrected chi connectivity index (χ4v) is 2.22. The molecule has 0 aliphatic carbocycles. The smallest absolute Gasteiger partial charge is 0.256 e. The van der Waals surface area contributed by atoms with Gasteiger partial charge in [0.2, 0.25) is 5.91 Å². The van der Waals surface area contributed by atoms with Crippen molar-refractivity contribution < 1.29 is 14.0 Å². The van der Waals surface area contributed by atoms with Crippen molar-refractivity contribution in [1.82, 2.24) is 0 Å². The van der Waals surface area contributed by atoms with Gasteiger partial charge in [-0.15, -0.1) is 0 Å². The molecule has 0 saturated carbocycles. The van der Waals surface area contributed by atoms with Crippen LogP contribution in [-0.2, 0) is 4.79 Å². The van der Waals surface area contributed by atoms with Crippen LogP contribution in [0.1, 0.15) is 17.3 Å². The van der Waals surface area contributed by atoms with Crippen LogP contribution >= 0.6 is 15.9 Å². The van der Waals surface area contributed by atoms with Crippen LogP contribution in [0.3, 0.4) is 0 Å². The highest BCUT2D eigenvalue weighted by Gasteiger charge is 2.13. The van der Waals surface area contributed by atoms with E-state index in [4.69, 9.17) is 0 Å². The summed E-state index contributed by atoms with van der Waals surface area (Å²) >= 11 is 3.28. The second-order valence-corrected chi connectivity index (χ2v) is 5.16. The summed E-state index contributed by atoms with van der Waals surface area (Å²) < 4.78 is 14.0. The van der Waals surface area contributed by atoms with Crippen molar-refractivity contribution >= 4 is 39.1 Å². The molecular formula is C15H12BrFN2O2. The Morgan fingerprint density at radius 3 is 2.43 bits per heavy atom. The van der Waals surface area contributed by atoms with Crippen molar-refractivity contribution in [2.45, 2.75) is 6.92 Å². The van der Waals surface area contributed by atoms with E-state index < -0.39 is 11.7 Å². The fraction of sp³-hybridized carbons (Fsp3) is 0.0667. The molecule has 108 valence electrons. The van der Waals surface area contributed by atoms with Gasteiger partial charge in [-0.2, -0.15) is 0 Å². The van der Waals surface area contributed by atoms with Crippen molar-refractivity contribution in [3.63, 3.8) is 0 Å². The highest BCUT2D eigenvalue weighted by Crippen LogP contribution is 2.25. The summed E-state index contributed by atoms with van der Waals surface area (Å²) in [5.41, 5.74) is 0.950. The Bertz CT molecular complexity index is 704. The number of amides is 2. The molecule has 2 aromatic carbocycles. The van der Waals surface area contributed by atoms with Crippen molar-refractivity contribution in [2.75, 3.05) is 10.6 Å². The highest BCUT2D eigenvalue weighted by molar-refractivity contribution is 9.10. The van der Waals surface area contributed by atoms with Crippen LogP contribution in [0.25, 0.3) is 0 Å². The molecule has 0 spiro atoms. The minimum atomic E-state index is -0.508. The average Bonchev–Trinajstić information content (AvgIpc) is 2.42. The van der Waals surface area contributed by atoms with E-state index in [2.05, 4.69) is 26.6 Å². The van der Waals surface area contributed by atoms with E-state index in [1.54, 1.807) is 24.3 Å². The van der Waals surface area contributed by atoms with Crippen molar-refractivity contribution in [3.8, 4) is 0 Å². The molecule has 0 heterocycles. The Hall–Kier alpha value is -2.21. The summed E-state index contributed by atoms with van der Waals surface area (Å²) in [6.07, 6.45) is 0. The number of rotatable bonds is 3. The lowest BCUT2D eigenvalue weighted by molar-refractivity contribution is -0.114. The van der Waals surface area contributed by atoms with Gasteiger partial charge in [-0.3, -0.25) is 9.59 Å². The standard InChI is InChI=1S/C15H12BrFN2O2/c1-9(20)18-13-7-6-10(17)8-14(13)19-15(21)11-4-2-3-5-12(11)16/h2-8H,1H3,(H,18,20)(H,19,21). The molecule has 0 atom stereocenters. The van der Waals surface area contributed by atoms with Gasteiger partial charge < -0.3 is 10.6 Å². The SMILES string of the molecule is CC(=O)Nc1ccc(F)cc1NC(=O)c1ccccc1Br. The largest absolute Gasteiger partial charge is 0.325 e. The van der Waals surface area contributed by atoms with Crippen molar-refractivity contribution in [1.29, 1.82) is 0 Å².